The number of benzene rings is 1. The molecule has 0 aliphatic heterocycles. The highest BCUT2D eigenvalue weighted by Gasteiger charge is 2.34. The largest absolute Gasteiger partial charge is 0.477 e. The number of aromatic amines is 1. The normalized spacial score (nSPS) is 11.4. The zero-order valence-electron chi connectivity index (χ0n) is 10.2. The lowest BCUT2D eigenvalue weighted by Crippen LogP contribution is -2.16. The summed E-state index contributed by atoms with van der Waals surface area (Å²) in [7, 11) is 0. The minimum absolute atomic E-state index is 0.0255. The topological polar surface area (TPSA) is 70.2 Å². The molecule has 4 nitrogen and oxygen atoms in total. The second-order valence-electron chi connectivity index (χ2n) is 4.13. The van der Waals surface area contributed by atoms with Crippen LogP contribution in [0.1, 0.15) is 15.9 Å². The van der Waals surface area contributed by atoms with Crippen LogP contribution in [0, 0.1) is 5.82 Å². The predicted molar refractivity (Wildman–Crippen MR) is 64.4 cm³/mol. The summed E-state index contributed by atoms with van der Waals surface area (Å²) in [5.74, 6) is -2.95. The summed E-state index contributed by atoms with van der Waals surface area (Å²) >= 11 is 0. The minimum Gasteiger partial charge on any atom is -0.477 e. The van der Waals surface area contributed by atoms with Crippen LogP contribution in [-0.4, -0.2) is 16.1 Å². The number of carbonyl (C=O) groups is 1. The zero-order chi connectivity index (χ0) is 15.8. The van der Waals surface area contributed by atoms with Gasteiger partial charge in [0.05, 0.1) is 5.56 Å². The van der Waals surface area contributed by atoms with Gasteiger partial charge >= 0.3 is 12.1 Å². The molecule has 0 radical (unpaired) electrons. The molecular formula is C13H7F4NO3. The highest BCUT2D eigenvalue weighted by molar-refractivity contribution is 5.88. The molecule has 0 aliphatic carbocycles. The molecule has 0 spiro atoms. The Labute approximate surface area is 114 Å². The van der Waals surface area contributed by atoms with Crippen LogP contribution in [0.5, 0.6) is 0 Å². The van der Waals surface area contributed by atoms with Gasteiger partial charge in [-0.1, -0.05) is 6.07 Å². The molecule has 0 amide bonds. The standard InChI is InChI=1S/C13H7F4NO3/c14-10-2-1-6(4-9(10)13(15,16)17)7-3-8(12(20)21)11(19)18-5-7/h1-5H,(H,18,19)(H,20,21). The summed E-state index contributed by atoms with van der Waals surface area (Å²) in [5, 5.41) is 8.80. The van der Waals surface area contributed by atoms with E-state index in [4.69, 9.17) is 5.11 Å². The van der Waals surface area contributed by atoms with Crippen molar-refractivity contribution in [1.82, 2.24) is 4.98 Å². The Balaban J connectivity index is 2.61. The van der Waals surface area contributed by atoms with E-state index in [2.05, 4.69) is 4.98 Å². The first-order valence-corrected chi connectivity index (χ1v) is 5.53. The number of pyridine rings is 1. The molecule has 2 N–H and O–H groups in total. The summed E-state index contributed by atoms with van der Waals surface area (Å²) in [6.45, 7) is 0. The van der Waals surface area contributed by atoms with Gasteiger partial charge in [-0.2, -0.15) is 13.2 Å². The van der Waals surface area contributed by atoms with Crippen molar-refractivity contribution in [2.45, 2.75) is 6.18 Å². The second-order valence-corrected chi connectivity index (χ2v) is 4.13. The molecule has 0 fully saturated rings. The Morgan fingerprint density at radius 2 is 1.81 bits per heavy atom. The molecule has 0 aliphatic rings. The summed E-state index contributed by atoms with van der Waals surface area (Å²) < 4.78 is 51.1. The fourth-order valence-electron chi connectivity index (χ4n) is 1.73. The Morgan fingerprint density at radius 3 is 2.38 bits per heavy atom. The molecule has 2 rings (SSSR count). The Morgan fingerprint density at radius 1 is 1.14 bits per heavy atom. The van der Waals surface area contributed by atoms with Gasteiger partial charge in [-0.05, 0) is 29.3 Å². The van der Waals surface area contributed by atoms with Crippen LogP contribution in [0.4, 0.5) is 17.6 Å². The Bertz CT molecular complexity index is 765. The van der Waals surface area contributed by atoms with Crippen LogP contribution >= 0.6 is 0 Å². The molecule has 0 atom stereocenters. The maximum Gasteiger partial charge on any atom is 0.419 e. The van der Waals surface area contributed by atoms with Crippen LogP contribution in [0.3, 0.4) is 0 Å². The first kappa shape index (κ1) is 14.8. The number of H-pyrrole nitrogens is 1. The van der Waals surface area contributed by atoms with Gasteiger partial charge in [0.1, 0.15) is 11.4 Å². The summed E-state index contributed by atoms with van der Waals surface area (Å²) in [5.41, 5.74) is -3.02. The number of aromatic nitrogens is 1. The van der Waals surface area contributed by atoms with Crippen LogP contribution in [-0.2, 0) is 6.18 Å². The molecule has 8 heteroatoms. The van der Waals surface area contributed by atoms with E-state index in [0.29, 0.717) is 12.1 Å². The lowest BCUT2D eigenvalue weighted by Gasteiger charge is -2.10. The van der Waals surface area contributed by atoms with E-state index in [1.54, 1.807) is 0 Å². The molecule has 1 aromatic carbocycles. The van der Waals surface area contributed by atoms with Gasteiger partial charge in [0.2, 0.25) is 0 Å². The molecule has 0 unspecified atom stereocenters. The molecule has 0 bridgehead atoms. The predicted octanol–water partition coefficient (Wildman–Crippen LogP) is 2.90. The molecule has 21 heavy (non-hydrogen) atoms. The quantitative estimate of drug-likeness (QED) is 0.838. The van der Waals surface area contributed by atoms with E-state index < -0.39 is 34.6 Å². The number of alkyl halides is 3. The second kappa shape index (κ2) is 5.04. The number of hydrogen-bond acceptors (Lipinski definition) is 2. The van der Waals surface area contributed by atoms with Gasteiger partial charge in [-0.15, -0.1) is 0 Å². The highest BCUT2D eigenvalue weighted by Crippen LogP contribution is 2.34. The third-order valence-corrected chi connectivity index (χ3v) is 2.74. The van der Waals surface area contributed by atoms with Gasteiger partial charge in [-0.25, -0.2) is 9.18 Å². The van der Waals surface area contributed by atoms with Crippen LogP contribution in [0.2, 0.25) is 0 Å². The van der Waals surface area contributed by atoms with Crippen molar-refractivity contribution in [2.75, 3.05) is 0 Å². The summed E-state index contributed by atoms with van der Waals surface area (Å²) in [4.78, 5) is 24.2. The average molecular weight is 301 g/mol. The number of carboxylic acids is 1. The van der Waals surface area contributed by atoms with E-state index >= 15 is 0 Å². The number of aromatic carboxylic acids is 1. The first-order valence-electron chi connectivity index (χ1n) is 5.53. The first-order chi connectivity index (χ1) is 9.70. The SMILES string of the molecule is O=C(O)c1cc(-c2ccc(F)c(C(F)(F)F)c2)c[nH]c1=O. The molecule has 0 saturated heterocycles. The van der Waals surface area contributed by atoms with Crippen LogP contribution in [0.25, 0.3) is 11.1 Å². The molecular weight excluding hydrogens is 294 g/mol. The van der Waals surface area contributed by atoms with E-state index in [1.165, 1.54) is 0 Å². The van der Waals surface area contributed by atoms with Crippen molar-refractivity contribution >= 4 is 5.97 Å². The van der Waals surface area contributed by atoms with Crippen molar-refractivity contribution in [2.24, 2.45) is 0 Å². The van der Waals surface area contributed by atoms with E-state index in [1.807, 2.05) is 0 Å². The fourth-order valence-corrected chi connectivity index (χ4v) is 1.73. The molecule has 2 aromatic rings. The van der Waals surface area contributed by atoms with Gasteiger partial charge in [-0.3, -0.25) is 4.79 Å². The highest BCUT2D eigenvalue weighted by atomic mass is 19.4. The van der Waals surface area contributed by atoms with Gasteiger partial charge in [0.25, 0.3) is 5.56 Å². The molecule has 110 valence electrons. The maximum atomic E-state index is 13.2. The van der Waals surface area contributed by atoms with Crippen molar-refractivity contribution < 1.29 is 27.5 Å². The Kier molecular flexibility index (Phi) is 3.54. The van der Waals surface area contributed by atoms with Crippen molar-refractivity contribution in [3.63, 3.8) is 0 Å². The van der Waals surface area contributed by atoms with Gasteiger partial charge < -0.3 is 10.1 Å². The summed E-state index contributed by atoms with van der Waals surface area (Å²) in [6.07, 6.45) is -3.82. The lowest BCUT2D eigenvalue weighted by molar-refractivity contribution is -0.139. The zero-order valence-corrected chi connectivity index (χ0v) is 10.2. The monoisotopic (exact) mass is 301 g/mol. The number of halogens is 4. The molecule has 1 aromatic heterocycles. The van der Waals surface area contributed by atoms with Gasteiger partial charge in [0.15, 0.2) is 0 Å². The van der Waals surface area contributed by atoms with Crippen LogP contribution in [0.15, 0.2) is 35.3 Å². The lowest BCUT2D eigenvalue weighted by atomic mass is 10.0. The maximum absolute atomic E-state index is 13.2. The van der Waals surface area contributed by atoms with E-state index in [9.17, 15) is 27.2 Å². The minimum atomic E-state index is -4.88. The molecule has 0 saturated carbocycles. The number of hydrogen-bond donors (Lipinski definition) is 2. The number of carboxylic acid groups (broad SMARTS) is 1. The van der Waals surface area contributed by atoms with Gasteiger partial charge in [0, 0.05) is 6.20 Å². The van der Waals surface area contributed by atoms with E-state index in [-0.39, 0.29) is 11.1 Å². The fraction of sp³-hybridized carbons (Fsp3) is 0.0769. The van der Waals surface area contributed by atoms with Crippen molar-refractivity contribution in [3.8, 4) is 11.1 Å². The molecule has 1 heterocycles. The Hall–Kier alpha value is -2.64. The third-order valence-electron chi connectivity index (χ3n) is 2.74. The van der Waals surface area contributed by atoms with Crippen molar-refractivity contribution in [1.29, 1.82) is 0 Å². The van der Waals surface area contributed by atoms with E-state index in [0.717, 1.165) is 18.3 Å². The van der Waals surface area contributed by atoms with Crippen LogP contribution < -0.4 is 5.56 Å². The third kappa shape index (κ3) is 2.93. The number of rotatable bonds is 2. The smallest absolute Gasteiger partial charge is 0.419 e. The number of nitrogens with one attached hydrogen (secondary N) is 1. The average Bonchev–Trinajstić information content (AvgIpc) is 2.38. The van der Waals surface area contributed by atoms with Crippen molar-refractivity contribution in [3.05, 3.63) is 57.8 Å². The summed E-state index contributed by atoms with van der Waals surface area (Å²) in [6, 6.07) is 3.16.